The number of carbonyl (C=O) groups is 2. The minimum absolute atomic E-state index is 0.0402. The van der Waals surface area contributed by atoms with Crippen LogP contribution in [0.15, 0.2) is 18.2 Å². The molecule has 0 aliphatic heterocycles. The van der Waals surface area contributed by atoms with Crippen molar-refractivity contribution in [2.75, 3.05) is 6.54 Å². The summed E-state index contributed by atoms with van der Waals surface area (Å²) < 4.78 is 37.9. The third-order valence-corrected chi connectivity index (χ3v) is 3.38. The van der Waals surface area contributed by atoms with E-state index in [0.717, 1.165) is 0 Å². The molecule has 1 unspecified atom stereocenters. The summed E-state index contributed by atoms with van der Waals surface area (Å²) >= 11 is 0. The Morgan fingerprint density at radius 3 is 2.36 bits per heavy atom. The Balaban J connectivity index is 3.01. The van der Waals surface area contributed by atoms with Crippen LogP contribution in [-0.4, -0.2) is 28.5 Å². The zero-order chi connectivity index (χ0) is 19.4. The second kappa shape index (κ2) is 7.95. The zero-order valence-electron chi connectivity index (χ0n) is 13.5. The van der Waals surface area contributed by atoms with Crippen molar-refractivity contribution in [3.63, 3.8) is 0 Å². The highest BCUT2D eigenvalue weighted by molar-refractivity contribution is 5.98. The summed E-state index contributed by atoms with van der Waals surface area (Å²) in [6.07, 6.45) is -4.52. The molecule has 7 nitrogen and oxygen atoms in total. The van der Waals surface area contributed by atoms with Crippen molar-refractivity contribution in [3.8, 4) is 0 Å². The van der Waals surface area contributed by atoms with E-state index in [1.807, 2.05) is 0 Å². The van der Waals surface area contributed by atoms with Gasteiger partial charge in [-0.25, -0.2) is 0 Å². The number of carbonyl (C=O) groups excluding carboxylic acids is 1. The standard InChI is InChI=1S/C15H17F3N2O5/c1-8(2)5-9(14(22)23)7-19-13(21)11-4-3-10(15(16,17)18)6-12(11)20(24)25/h3-4,6,8-9H,5,7H2,1-2H3,(H,19,21)(H,22,23). The molecule has 0 radical (unpaired) electrons. The highest BCUT2D eigenvalue weighted by Crippen LogP contribution is 2.33. The van der Waals surface area contributed by atoms with Crippen LogP contribution in [0, 0.1) is 22.0 Å². The van der Waals surface area contributed by atoms with E-state index in [1.54, 1.807) is 13.8 Å². The van der Waals surface area contributed by atoms with Crippen LogP contribution >= 0.6 is 0 Å². The number of benzene rings is 1. The fraction of sp³-hybridized carbons (Fsp3) is 0.467. The monoisotopic (exact) mass is 362 g/mol. The lowest BCUT2D eigenvalue weighted by molar-refractivity contribution is -0.385. The largest absolute Gasteiger partial charge is 0.481 e. The molecule has 0 spiro atoms. The van der Waals surface area contributed by atoms with E-state index in [-0.39, 0.29) is 24.9 Å². The Morgan fingerprint density at radius 2 is 1.92 bits per heavy atom. The van der Waals surface area contributed by atoms with Gasteiger partial charge >= 0.3 is 12.1 Å². The molecule has 0 bridgehead atoms. The van der Waals surface area contributed by atoms with Gasteiger partial charge in [-0.3, -0.25) is 19.7 Å². The number of amides is 1. The maximum atomic E-state index is 12.6. The number of nitrogens with zero attached hydrogens (tertiary/aromatic N) is 1. The lowest BCUT2D eigenvalue weighted by atomic mass is 9.97. The molecule has 2 N–H and O–H groups in total. The Kier molecular flexibility index (Phi) is 6.49. The lowest BCUT2D eigenvalue weighted by Gasteiger charge is -2.15. The molecule has 0 heterocycles. The van der Waals surface area contributed by atoms with Crippen molar-refractivity contribution < 1.29 is 32.8 Å². The number of aliphatic carboxylic acids is 1. The van der Waals surface area contributed by atoms with E-state index < -0.39 is 45.7 Å². The second-order valence-electron chi connectivity index (χ2n) is 5.86. The highest BCUT2D eigenvalue weighted by atomic mass is 19.4. The number of carboxylic acid groups (broad SMARTS) is 1. The molecular weight excluding hydrogens is 345 g/mol. The predicted octanol–water partition coefficient (Wildman–Crippen LogP) is 3.09. The van der Waals surface area contributed by atoms with Crippen LogP contribution in [0.2, 0.25) is 0 Å². The third kappa shape index (κ3) is 5.73. The average molecular weight is 362 g/mol. The number of carboxylic acids is 1. The molecule has 10 heteroatoms. The van der Waals surface area contributed by atoms with E-state index in [4.69, 9.17) is 5.11 Å². The van der Waals surface area contributed by atoms with Crippen molar-refractivity contribution in [2.45, 2.75) is 26.4 Å². The van der Waals surface area contributed by atoms with Crippen molar-refractivity contribution in [2.24, 2.45) is 11.8 Å². The number of nitro groups is 1. The molecule has 25 heavy (non-hydrogen) atoms. The van der Waals surface area contributed by atoms with Gasteiger partial charge in [0.2, 0.25) is 0 Å². The summed E-state index contributed by atoms with van der Waals surface area (Å²) in [6.45, 7) is 3.29. The van der Waals surface area contributed by atoms with Crippen LogP contribution in [0.5, 0.6) is 0 Å². The van der Waals surface area contributed by atoms with Crippen molar-refractivity contribution in [1.82, 2.24) is 5.32 Å². The number of hydrogen-bond donors (Lipinski definition) is 2. The number of rotatable bonds is 7. The number of nitrogens with one attached hydrogen (secondary N) is 1. The summed E-state index contributed by atoms with van der Waals surface area (Å²) in [5, 5.41) is 22.3. The van der Waals surface area contributed by atoms with E-state index >= 15 is 0 Å². The smallest absolute Gasteiger partial charge is 0.416 e. The number of nitro benzene ring substituents is 1. The Bertz CT molecular complexity index is 674. The zero-order valence-corrected chi connectivity index (χ0v) is 13.5. The quantitative estimate of drug-likeness (QED) is 0.572. The molecule has 1 aromatic carbocycles. The van der Waals surface area contributed by atoms with Crippen molar-refractivity contribution >= 4 is 17.6 Å². The van der Waals surface area contributed by atoms with Gasteiger partial charge in [0, 0.05) is 12.6 Å². The number of halogens is 3. The first-order valence-electron chi connectivity index (χ1n) is 7.30. The van der Waals surface area contributed by atoms with Gasteiger partial charge in [0.25, 0.3) is 11.6 Å². The molecule has 1 rings (SSSR count). The van der Waals surface area contributed by atoms with Crippen LogP contribution < -0.4 is 5.32 Å². The van der Waals surface area contributed by atoms with E-state index in [0.29, 0.717) is 12.1 Å². The summed E-state index contributed by atoms with van der Waals surface area (Å²) in [5.74, 6) is -3.01. The fourth-order valence-corrected chi connectivity index (χ4v) is 2.20. The topological polar surface area (TPSA) is 110 Å². The minimum Gasteiger partial charge on any atom is -0.481 e. The van der Waals surface area contributed by atoms with Crippen LogP contribution in [0.1, 0.15) is 36.2 Å². The molecule has 0 aliphatic rings. The number of hydrogen-bond acceptors (Lipinski definition) is 4. The first kappa shape index (κ1) is 20.4. The Hall–Kier alpha value is -2.65. The van der Waals surface area contributed by atoms with Crippen LogP contribution in [-0.2, 0) is 11.0 Å². The van der Waals surface area contributed by atoms with E-state index in [1.165, 1.54) is 0 Å². The van der Waals surface area contributed by atoms with Crippen LogP contribution in [0.4, 0.5) is 18.9 Å². The molecular formula is C15H17F3N2O5. The average Bonchev–Trinajstić information content (AvgIpc) is 2.48. The molecule has 138 valence electrons. The second-order valence-corrected chi connectivity index (χ2v) is 5.86. The number of alkyl halides is 3. The SMILES string of the molecule is CC(C)CC(CNC(=O)c1ccc(C(F)(F)F)cc1[N+](=O)[O-])C(=O)O. The summed E-state index contributed by atoms with van der Waals surface area (Å²) in [4.78, 5) is 33.1. The maximum Gasteiger partial charge on any atom is 0.416 e. The van der Waals surface area contributed by atoms with Crippen molar-refractivity contribution in [1.29, 1.82) is 0 Å². The van der Waals surface area contributed by atoms with Gasteiger partial charge in [-0.1, -0.05) is 13.8 Å². The lowest BCUT2D eigenvalue weighted by Crippen LogP contribution is -2.34. The van der Waals surface area contributed by atoms with Gasteiger partial charge in [-0.2, -0.15) is 13.2 Å². The molecule has 0 aromatic heterocycles. The summed E-state index contributed by atoms with van der Waals surface area (Å²) in [5.41, 5.74) is -2.81. The minimum atomic E-state index is -4.79. The third-order valence-electron chi connectivity index (χ3n) is 3.38. The molecule has 1 atom stereocenters. The highest BCUT2D eigenvalue weighted by Gasteiger charge is 2.34. The first-order chi connectivity index (χ1) is 11.4. The molecule has 1 aromatic rings. The van der Waals surface area contributed by atoms with E-state index in [9.17, 15) is 32.9 Å². The molecule has 0 saturated heterocycles. The fourth-order valence-electron chi connectivity index (χ4n) is 2.20. The van der Waals surface area contributed by atoms with Crippen LogP contribution in [0.3, 0.4) is 0 Å². The van der Waals surface area contributed by atoms with Gasteiger partial charge in [0.1, 0.15) is 5.56 Å². The van der Waals surface area contributed by atoms with Gasteiger partial charge in [-0.05, 0) is 24.5 Å². The first-order valence-corrected chi connectivity index (χ1v) is 7.30. The molecule has 0 saturated carbocycles. The Labute approximate surface area is 141 Å². The summed E-state index contributed by atoms with van der Waals surface area (Å²) in [7, 11) is 0. The van der Waals surface area contributed by atoms with Gasteiger partial charge < -0.3 is 10.4 Å². The summed E-state index contributed by atoms with van der Waals surface area (Å²) in [6, 6.07) is 1.54. The molecule has 0 fully saturated rings. The predicted molar refractivity (Wildman–Crippen MR) is 81.0 cm³/mol. The van der Waals surface area contributed by atoms with Crippen molar-refractivity contribution in [3.05, 3.63) is 39.4 Å². The molecule has 1 amide bonds. The van der Waals surface area contributed by atoms with Gasteiger partial charge in [-0.15, -0.1) is 0 Å². The van der Waals surface area contributed by atoms with E-state index in [2.05, 4.69) is 5.32 Å². The Morgan fingerprint density at radius 1 is 1.32 bits per heavy atom. The van der Waals surface area contributed by atoms with Crippen LogP contribution in [0.25, 0.3) is 0 Å². The maximum absolute atomic E-state index is 12.6. The molecule has 0 aliphatic carbocycles. The normalized spacial score (nSPS) is 12.7. The van der Waals surface area contributed by atoms with Gasteiger partial charge in [0.05, 0.1) is 16.4 Å². The van der Waals surface area contributed by atoms with Gasteiger partial charge in [0.15, 0.2) is 0 Å².